The smallest absolute Gasteiger partial charge is 0.405 e. The molecule has 0 aromatic rings. The van der Waals surface area contributed by atoms with E-state index in [-0.39, 0.29) is 48.0 Å². The number of carbonyl (C=O) groups is 5. The van der Waals surface area contributed by atoms with Crippen LogP contribution in [0.25, 0.3) is 0 Å². The number of hydrogen-bond donors (Lipinski definition) is 4. The molecule has 2 amide bonds. The molecule has 0 fully saturated rings. The van der Waals surface area contributed by atoms with Gasteiger partial charge in [-0.25, -0.2) is 4.79 Å². The zero-order chi connectivity index (χ0) is 34.6. The maximum absolute atomic E-state index is 13.7. The molecule has 1 aliphatic carbocycles. The average molecular weight is 643 g/mol. The number of ketones is 2. The van der Waals surface area contributed by atoms with Gasteiger partial charge < -0.3 is 41.0 Å². The van der Waals surface area contributed by atoms with E-state index in [0.29, 0.717) is 12.0 Å². The first kappa shape index (κ1) is 37.9. The number of allylic oxidation sites excluding steroid dienone is 4. The first-order chi connectivity index (χ1) is 21.8. The Hall–Kier alpha value is -4.33. The van der Waals surface area contributed by atoms with Gasteiger partial charge in [0.15, 0.2) is 6.10 Å². The Balaban J connectivity index is 2.73. The largest absolute Gasteiger partial charge is 0.458 e. The van der Waals surface area contributed by atoms with Gasteiger partial charge in [-0.15, -0.1) is 6.58 Å². The summed E-state index contributed by atoms with van der Waals surface area (Å²) in [5.41, 5.74) is 11.9. The van der Waals surface area contributed by atoms with Gasteiger partial charge in [-0.05, 0) is 38.2 Å². The van der Waals surface area contributed by atoms with Crippen LogP contribution in [0.3, 0.4) is 0 Å². The lowest BCUT2D eigenvalue weighted by Crippen LogP contribution is -2.41. The van der Waals surface area contributed by atoms with Crippen molar-refractivity contribution < 1.29 is 42.9 Å². The van der Waals surface area contributed by atoms with Crippen molar-refractivity contribution in [3.8, 4) is 0 Å². The van der Waals surface area contributed by atoms with Gasteiger partial charge in [0.2, 0.25) is 11.6 Å². The van der Waals surface area contributed by atoms with Gasteiger partial charge in [0.05, 0.1) is 24.0 Å². The molecule has 2 rings (SSSR count). The monoisotopic (exact) mass is 642 g/mol. The minimum absolute atomic E-state index is 0.119. The summed E-state index contributed by atoms with van der Waals surface area (Å²) < 4.78 is 22.6. The standard InChI is InChI=1S/C33H46N4O9/c1-8-12-36-28-22-13-18(2)14-26(44-7)31(45-27(39)17-34)21(5)15-20(4)30(46-33(35)42)25(43-6)11-9-10-19(3)32(41)37-23(29(22)40)16-24(28)38/h8-11,15-16,18,21,25-26,30-31,36H,1,12-14,17,34H2,2-7H3,(H2,35,42)(H,37,41)/b11-9-,19-10+,20-15+/t18-,21-,25-,26-,30-,31+/m1/s1. The lowest BCUT2D eigenvalue weighted by Gasteiger charge is -2.32. The number of nitrogens with one attached hydrogen (secondary N) is 2. The minimum Gasteiger partial charge on any atom is -0.458 e. The van der Waals surface area contributed by atoms with Crippen molar-refractivity contribution in [1.29, 1.82) is 0 Å². The summed E-state index contributed by atoms with van der Waals surface area (Å²) in [7, 11) is 2.89. The molecule has 6 atom stereocenters. The quantitative estimate of drug-likeness (QED) is 0.172. The second kappa shape index (κ2) is 18.0. The zero-order valence-corrected chi connectivity index (χ0v) is 27.3. The Bertz CT molecular complexity index is 1340. The number of fused-ring (bicyclic) bond motifs is 2. The van der Waals surface area contributed by atoms with E-state index in [2.05, 4.69) is 17.2 Å². The SMILES string of the molecule is C=CCNC1=C2C[C@@H](C)C[C@@H](OC)[C@@H](OC(=O)CN)[C@H](C)/C=C(\C)[C@@H](OC(N)=O)[C@H](OC)/C=C\C=C(/C)C(=O)NC(=CC1=O)C2=O. The number of Topliss-reactive ketones (excluding diaryl/α,β-unsaturated/α-hetero) is 1. The third-order valence-electron chi connectivity index (χ3n) is 7.62. The van der Waals surface area contributed by atoms with E-state index >= 15 is 0 Å². The molecule has 0 spiro atoms. The number of amides is 2. The van der Waals surface area contributed by atoms with Gasteiger partial charge >= 0.3 is 12.1 Å². The van der Waals surface area contributed by atoms with Crippen molar-refractivity contribution in [1.82, 2.24) is 10.6 Å². The molecule has 13 heteroatoms. The van der Waals surface area contributed by atoms with E-state index < -0.39 is 59.9 Å². The van der Waals surface area contributed by atoms with E-state index in [0.717, 1.165) is 6.08 Å². The summed E-state index contributed by atoms with van der Waals surface area (Å²) in [6.07, 6.45) is 5.07. The van der Waals surface area contributed by atoms with Gasteiger partial charge in [0.1, 0.15) is 12.2 Å². The van der Waals surface area contributed by atoms with Crippen LogP contribution in [-0.4, -0.2) is 81.3 Å². The molecule has 2 aliphatic rings. The molecule has 2 bridgehead atoms. The summed E-state index contributed by atoms with van der Waals surface area (Å²) in [5, 5.41) is 5.52. The molecule has 6 N–H and O–H groups in total. The third kappa shape index (κ3) is 10.4. The summed E-state index contributed by atoms with van der Waals surface area (Å²) in [6, 6.07) is 0. The van der Waals surface area contributed by atoms with Crippen LogP contribution >= 0.6 is 0 Å². The van der Waals surface area contributed by atoms with Crippen molar-refractivity contribution in [3.63, 3.8) is 0 Å². The van der Waals surface area contributed by atoms with Crippen molar-refractivity contribution in [2.45, 2.75) is 65.0 Å². The molecule has 0 saturated carbocycles. The van der Waals surface area contributed by atoms with Crippen LogP contribution in [0.4, 0.5) is 4.79 Å². The highest BCUT2D eigenvalue weighted by Gasteiger charge is 2.35. The molecule has 0 radical (unpaired) electrons. The van der Waals surface area contributed by atoms with Crippen LogP contribution in [0.2, 0.25) is 0 Å². The van der Waals surface area contributed by atoms with E-state index in [1.54, 1.807) is 32.1 Å². The summed E-state index contributed by atoms with van der Waals surface area (Å²) in [6.45, 7) is 10.5. The zero-order valence-electron chi connectivity index (χ0n) is 27.3. The molecule has 0 unspecified atom stereocenters. The molecule has 1 heterocycles. The lowest BCUT2D eigenvalue weighted by atomic mass is 9.85. The second-order valence-electron chi connectivity index (χ2n) is 11.3. The molecular weight excluding hydrogens is 596 g/mol. The van der Waals surface area contributed by atoms with E-state index in [9.17, 15) is 24.0 Å². The maximum Gasteiger partial charge on any atom is 0.405 e. The first-order valence-corrected chi connectivity index (χ1v) is 14.9. The molecule has 252 valence electrons. The fourth-order valence-electron chi connectivity index (χ4n) is 5.32. The Morgan fingerprint density at radius 2 is 1.83 bits per heavy atom. The highest BCUT2D eigenvalue weighted by Crippen LogP contribution is 2.30. The highest BCUT2D eigenvalue weighted by molar-refractivity contribution is 6.23. The summed E-state index contributed by atoms with van der Waals surface area (Å²) in [4.78, 5) is 64.2. The van der Waals surface area contributed by atoms with Gasteiger partial charge in [0.25, 0.3) is 5.91 Å². The van der Waals surface area contributed by atoms with Crippen LogP contribution in [0, 0.1) is 11.8 Å². The summed E-state index contributed by atoms with van der Waals surface area (Å²) >= 11 is 0. The van der Waals surface area contributed by atoms with Gasteiger partial charge in [-0.3, -0.25) is 19.2 Å². The van der Waals surface area contributed by atoms with Gasteiger partial charge in [-0.2, -0.15) is 0 Å². The van der Waals surface area contributed by atoms with Crippen molar-refractivity contribution in [2.24, 2.45) is 23.3 Å². The number of rotatable bonds is 8. The molecule has 1 aliphatic heterocycles. The number of ether oxygens (including phenoxy) is 4. The van der Waals surface area contributed by atoms with Crippen molar-refractivity contribution >= 4 is 29.5 Å². The van der Waals surface area contributed by atoms with Crippen LogP contribution in [0.5, 0.6) is 0 Å². The Labute approximate surface area is 269 Å². The highest BCUT2D eigenvalue weighted by atomic mass is 16.6. The Kier molecular flexibility index (Phi) is 14.8. The fourth-order valence-corrected chi connectivity index (χ4v) is 5.32. The van der Waals surface area contributed by atoms with Crippen LogP contribution in [-0.2, 0) is 38.1 Å². The van der Waals surface area contributed by atoms with Crippen LogP contribution in [0.1, 0.15) is 40.5 Å². The number of primary amides is 1. The molecule has 0 aromatic heterocycles. The number of carbonyl (C=O) groups excluding carboxylic acids is 5. The van der Waals surface area contributed by atoms with Crippen molar-refractivity contribution in [2.75, 3.05) is 27.3 Å². The summed E-state index contributed by atoms with van der Waals surface area (Å²) in [5.74, 6) is -3.00. The van der Waals surface area contributed by atoms with Crippen LogP contribution in [0.15, 0.2) is 71.1 Å². The van der Waals surface area contributed by atoms with Crippen molar-refractivity contribution in [3.05, 3.63) is 71.1 Å². The van der Waals surface area contributed by atoms with E-state index in [1.165, 1.54) is 33.3 Å². The number of hydrogen-bond acceptors (Lipinski definition) is 11. The average Bonchev–Trinajstić information content (AvgIpc) is 3.01. The third-order valence-corrected chi connectivity index (χ3v) is 7.62. The number of nitrogens with two attached hydrogens (primary N) is 2. The predicted molar refractivity (Wildman–Crippen MR) is 171 cm³/mol. The molecule has 46 heavy (non-hydrogen) atoms. The topological polar surface area (TPSA) is 198 Å². The molecule has 13 nitrogen and oxygen atoms in total. The minimum atomic E-state index is -1.03. The normalized spacial score (nSPS) is 29.7. The second-order valence-corrected chi connectivity index (χ2v) is 11.3. The number of esters is 1. The molecule has 0 aromatic carbocycles. The van der Waals surface area contributed by atoms with Crippen LogP contribution < -0.4 is 22.1 Å². The lowest BCUT2D eigenvalue weighted by molar-refractivity contribution is -0.158. The molecule has 0 saturated heterocycles. The first-order valence-electron chi connectivity index (χ1n) is 14.9. The van der Waals surface area contributed by atoms with Gasteiger partial charge in [0, 0.05) is 43.9 Å². The van der Waals surface area contributed by atoms with E-state index in [4.69, 9.17) is 30.4 Å². The predicted octanol–water partition coefficient (Wildman–Crippen LogP) is 2.05. The number of methoxy groups -OCH3 is 2. The molecular formula is C33H46N4O9. The Morgan fingerprint density at radius 3 is 2.41 bits per heavy atom. The fraction of sp³-hybridized carbons (Fsp3) is 0.485. The maximum atomic E-state index is 13.7. The van der Waals surface area contributed by atoms with Gasteiger partial charge in [-0.1, -0.05) is 44.2 Å². The Morgan fingerprint density at radius 1 is 1.13 bits per heavy atom. The van der Waals surface area contributed by atoms with E-state index in [1.807, 2.05) is 6.92 Å².